The van der Waals surface area contributed by atoms with Gasteiger partial charge in [0, 0.05) is 12.1 Å². The van der Waals surface area contributed by atoms with Crippen molar-refractivity contribution >= 4 is 40.9 Å². The first-order valence-corrected chi connectivity index (χ1v) is 10.4. The van der Waals surface area contributed by atoms with Crippen molar-refractivity contribution in [2.75, 3.05) is 12.4 Å². The fraction of sp³-hybridized carbons (Fsp3) is 0.200. The van der Waals surface area contributed by atoms with Crippen LogP contribution in [0.25, 0.3) is 5.69 Å². The Kier molecular flexibility index (Phi) is 7.03. The Balaban J connectivity index is 1.84. The number of amides is 1. The minimum Gasteiger partial charge on any atom is -0.497 e. The van der Waals surface area contributed by atoms with Gasteiger partial charge in [0.1, 0.15) is 5.75 Å². The molecule has 0 saturated heterocycles. The van der Waals surface area contributed by atoms with E-state index in [1.54, 1.807) is 38.3 Å². The van der Waals surface area contributed by atoms with Gasteiger partial charge in [0.05, 0.1) is 28.6 Å². The standard InChI is InChI=1S/C20H18ClN3O6S/c1-3-16(17(25)22-15-10-11(19(26)27)4-9-14(15)21)31-18-20(28)30-23-24(18)12-5-7-13(29-2)8-6-12/h4-10,16H,3H2,1-2H3,(H2-,22,23,25,26,27,28)/p+1. The summed E-state index contributed by atoms with van der Waals surface area (Å²) in [5.74, 6) is -0.923. The van der Waals surface area contributed by atoms with Gasteiger partial charge in [-0.3, -0.25) is 9.32 Å². The Morgan fingerprint density at radius 3 is 2.61 bits per heavy atom. The maximum Gasteiger partial charge on any atom is 0.442 e. The number of carbonyl (C=O) groups is 2. The molecule has 3 aromatic rings. The summed E-state index contributed by atoms with van der Waals surface area (Å²) >= 11 is 7.11. The summed E-state index contributed by atoms with van der Waals surface area (Å²) in [6.07, 6.45) is 0.389. The first-order valence-electron chi connectivity index (χ1n) is 9.12. The van der Waals surface area contributed by atoms with Crippen molar-refractivity contribution in [2.45, 2.75) is 23.6 Å². The summed E-state index contributed by atoms with van der Waals surface area (Å²) in [5.41, 5.74) is 0.151. The molecule has 0 saturated carbocycles. The summed E-state index contributed by atoms with van der Waals surface area (Å²) < 4.78 is 11.5. The Labute approximate surface area is 185 Å². The molecule has 0 spiro atoms. The number of anilines is 1. The fourth-order valence-electron chi connectivity index (χ4n) is 2.69. The van der Waals surface area contributed by atoms with Crippen LogP contribution in [0.2, 0.25) is 5.02 Å². The summed E-state index contributed by atoms with van der Waals surface area (Å²) in [6, 6.07) is 10.9. The van der Waals surface area contributed by atoms with Gasteiger partial charge in [-0.1, -0.05) is 18.5 Å². The molecule has 0 aliphatic carbocycles. The van der Waals surface area contributed by atoms with Gasteiger partial charge in [0.2, 0.25) is 11.6 Å². The average Bonchev–Trinajstić information content (AvgIpc) is 3.13. The van der Waals surface area contributed by atoms with Gasteiger partial charge in [0.15, 0.2) is 0 Å². The van der Waals surface area contributed by atoms with Crippen LogP contribution in [0, 0.1) is 0 Å². The van der Waals surface area contributed by atoms with E-state index in [4.69, 9.17) is 26.0 Å². The Hall–Kier alpha value is -3.24. The smallest absolute Gasteiger partial charge is 0.442 e. The zero-order valence-corrected chi connectivity index (χ0v) is 18.1. The number of halogens is 1. The van der Waals surface area contributed by atoms with E-state index in [2.05, 4.69) is 10.6 Å². The van der Waals surface area contributed by atoms with Crippen LogP contribution in [-0.2, 0) is 4.79 Å². The number of aromatic amines is 1. The van der Waals surface area contributed by atoms with E-state index in [0.29, 0.717) is 17.9 Å². The number of hydrogen-bond acceptors (Lipinski definition) is 6. The third-order valence-corrected chi connectivity index (χ3v) is 6.06. The normalized spacial score (nSPS) is 11.7. The van der Waals surface area contributed by atoms with Crippen molar-refractivity contribution in [1.82, 2.24) is 5.27 Å². The van der Waals surface area contributed by atoms with Gasteiger partial charge >= 0.3 is 16.6 Å². The molecule has 162 valence electrons. The fourth-order valence-corrected chi connectivity index (χ4v) is 3.84. The molecule has 1 aromatic heterocycles. The third-order valence-electron chi connectivity index (χ3n) is 4.33. The number of methoxy groups -OCH3 is 1. The molecule has 3 rings (SSSR count). The second kappa shape index (κ2) is 9.71. The van der Waals surface area contributed by atoms with Crippen LogP contribution in [0.3, 0.4) is 0 Å². The van der Waals surface area contributed by atoms with Crippen LogP contribution in [0.15, 0.2) is 56.8 Å². The van der Waals surface area contributed by atoms with Gasteiger partial charge in [-0.15, -0.1) is 0 Å². The molecule has 1 amide bonds. The van der Waals surface area contributed by atoms with Crippen molar-refractivity contribution in [2.24, 2.45) is 0 Å². The average molecular weight is 465 g/mol. The molecule has 1 atom stereocenters. The highest BCUT2D eigenvalue weighted by Gasteiger charge is 2.30. The first kappa shape index (κ1) is 22.4. The molecular formula is C20H19ClN3O6S+. The van der Waals surface area contributed by atoms with Crippen molar-refractivity contribution in [3.05, 3.63) is 63.5 Å². The van der Waals surface area contributed by atoms with Gasteiger partial charge in [-0.05, 0) is 58.5 Å². The number of nitrogens with one attached hydrogen (secondary N) is 2. The molecule has 0 fully saturated rings. The molecule has 0 aliphatic rings. The largest absolute Gasteiger partial charge is 0.497 e. The van der Waals surface area contributed by atoms with Crippen LogP contribution in [0.1, 0.15) is 23.7 Å². The lowest BCUT2D eigenvalue weighted by atomic mass is 10.2. The lowest BCUT2D eigenvalue weighted by Crippen LogP contribution is -2.37. The Bertz CT molecular complexity index is 1160. The van der Waals surface area contributed by atoms with Gasteiger partial charge in [0.25, 0.3) is 0 Å². The van der Waals surface area contributed by atoms with Gasteiger partial charge in [-0.25, -0.2) is 9.59 Å². The number of carboxylic acids is 1. The summed E-state index contributed by atoms with van der Waals surface area (Å²) in [6.45, 7) is 1.79. The highest BCUT2D eigenvalue weighted by Crippen LogP contribution is 2.27. The summed E-state index contributed by atoms with van der Waals surface area (Å²) in [5, 5.41) is 14.0. The van der Waals surface area contributed by atoms with Crippen LogP contribution in [-0.4, -0.2) is 34.6 Å². The quantitative estimate of drug-likeness (QED) is 0.345. The van der Waals surface area contributed by atoms with Crippen molar-refractivity contribution in [3.63, 3.8) is 0 Å². The molecule has 0 aliphatic heterocycles. The molecule has 9 nitrogen and oxygen atoms in total. The highest BCUT2D eigenvalue weighted by atomic mass is 35.5. The Morgan fingerprint density at radius 1 is 1.29 bits per heavy atom. The maximum absolute atomic E-state index is 12.8. The number of carbonyl (C=O) groups excluding carboxylic acids is 1. The number of hydrogen-bond donors (Lipinski definition) is 3. The van der Waals surface area contributed by atoms with E-state index in [1.165, 1.54) is 22.9 Å². The second-order valence-electron chi connectivity index (χ2n) is 6.32. The van der Waals surface area contributed by atoms with E-state index >= 15 is 0 Å². The van der Waals surface area contributed by atoms with E-state index in [-0.39, 0.29) is 21.3 Å². The number of aromatic nitrogens is 2. The van der Waals surface area contributed by atoms with E-state index in [0.717, 1.165) is 11.8 Å². The van der Waals surface area contributed by atoms with Crippen molar-refractivity contribution < 1.29 is 28.6 Å². The molecule has 0 bridgehead atoms. The molecule has 1 heterocycles. The van der Waals surface area contributed by atoms with Gasteiger partial charge in [-0.2, -0.15) is 0 Å². The van der Waals surface area contributed by atoms with Crippen molar-refractivity contribution in [1.29, 1.82) is 0 Å². The number of rotatable bonds is 8. The van der Waals surface area contributed by atoms with Gasteiger partial charge < -0.3 is 15.2 Å². The number of thioether (sulfide) groups is 1. The number of benzene rings is 2. The summed E-state index contributed by atoms with van der Waals surface area (Å²) in [7, 11) is 1.55. The zero-order valence-electron chi connectivity index (χ0n) is 16.5. The minimum absolute atomic E-state index is 0.0102. The topological polar surface area (TPSA) is 126 Å². The molecule has 31 heavy (non-hydrogen) atoms. The lowest BCUT2D eigenvalue weighted by Gasteiger charge is -2.13. The number of aromatic carboxylic acids is 1. The second-order valence-corrected chi connectivity index (χ2v) is 7.92. The van der Waals surface area contributed by atoms with Crippen LogP contribution in [0.4, 0.5) is 5.69 Å². The SMILES string of the molecule is CCC(Sc1c(=O)o[nH][n+]1-c1ccc(OC)cc1)C(=O)Nc1cc(C(=O)O)ccc1Cl. The van der Waals surface area contributed by atoms with E-state index in [9.17, 15) is 14.4 Å². The lowest BCUT2D eigenvalue weighted by molar-refractivity contribution is -0.704. The van der Waals surface area contributed by atoms with Crippen LogP contribution in [0.5, 0.6) is 5.75 Å². The molecule has 11 heteroatoms. The third kappa shape index (κ3) is 5.09. The highest BCUT2D eigenvalue weighted by molar-refractivity contribution is 8.00. The summed E-state index contributed by atoms with van der Waals surface area (Å²) in [4.78, 5) is 36.3. The first-order chi connectivity index (χ1) is 14.8. The van der Waals surface area contributed by atoms with Crippen molar-refractivity contribution in [3.8, 4) is 11.4 Å². The van der Waals surface area contributed by atoms with E-state index in [1.807, 2.05) is 0 Å². The Morgan fingerprint density at radius 2 is 2.00 bits per heavy atom. The number of nitrogens with zero attached hydrogens (tertiary/aromatic N) is 1. The van der Waals surface area contributed by atoms with Crippen LogP contribution < -0.4 is 20.4 Å². The number of carboxylic acid groups (broad SMARTS) is 1. The molecule has 2 aromatic carbocycles. The van der Waals surface area contributed by atoms with Crippen LogP contribution >= 0.6 is 23.4 Å². The molecule has 1 unspecified atom stereocenters. The minimum atomic E-state index is -1.14. The number of ether oxygens (including phenoxy) is 1. The monoisotopic (exact) mass is 464 g/mol. The zero-order chi connectivity index (χ0) is 22.5. The molecule has 0 radical (unpaired) electrons. The van der Waals surface area contributed by atoms with E-state index < -0.39 is 22.8 Å². The predicted octanol–water partition coefficient (Wildman–Crippen LogP) is 3.11. The molecular weight excluding hydrogens is 446 g/mol. The number of H-pyrrole nitrogens is 1. The maximum atomic E-state index is 12.8. The molecule has 3 N–H and O–H groups in total. The predicted molar refractivity (Wildman–Crippen MR) is 114 cm³/mol.